The number of rotatable bonds is 6. The molecule has 0 saturated heterocycles. The Kier molecular flexibility index (Phi) is 5.28. The maximum atomic E-state index is 11.9. The molecule has 0 amide bonds. The van der Waals surface area contributed by atoms with Gasteiger partial charge >= 0.3 is 6.18 Å². The van der Waals surface area contributed by atoms with Crippen LogP contribution in [0.4, 0.5) is 13.2 Å². The van der Waals surface area contributed by atoms with Crippen molar-refractivity contribution in [2.75, 3.05) is 13.2 Å². The quantitative estimate of drug-likeness (QED) is 0.784. The zero-order chi connectivity index (χ0) is 12.7. The van der Waals surface area contributed by atoms with Crippen molar-refractivity contribution in [1.82, 2.24) is 0 Å². The van der Waals surface area contributed by atoms with Crippen LogP contribution in [0.3, 0.4) is 0 Å². The zero-order valence-electron chi connectivity index (χ0n) is 9.46. The van der Waals surface area contributed by atoms with Crippen LogP contribution in [0, 0.1) is 0 Å². The van der Waals surface area contributed by atoms with Gasteiger partial charge in [0.2, 0.25) is 0 Å². The average Bonchev–Trinajstić information content (AvgIpc) is 2.26. The maximum Gasteiger partial charge on any atom is 0.389 e. The van der Waals surface area contributed by atoms with Crippen molar-refractivity contribution in [3.63, 3.8) is 0 Å². The van der Waals surface area contributed by atoms with Gasteiger partial charge in [0, 0.05) is 6.42 Å². The summed E-state index contributed by atoms with van der Waals surface area (Å²) < 4.78 is 40.8. The van der Waals surface area contributed by atoms with Crippen LogP contribution in [0.1, 0.15) is 18.4 Å². The molecule has 0 unspecified atom stereocenters. The summed E-state index contributed by atoms with van der Waals surface area (Å²) in [7, 11) is 0. The summed E-state index contributed by atoms with van der Waals surface area (Å²) in [6.07, 6.45) is -4.14. The van der Waals surface area contributed by atoms with E-state index < -0.39 is 12.6 Å². The Morgan fingerprint density at radius 3 is 2.29 bits per heavy atom. The Labute approximate surface area is 98.6 Å². The minimum atomic E-state index is -4.10. The highest BCUT2D eigenvalue weighted by Crippen LogP contribution is 2.21. The third-order valence-electron chi connectivity index (χ3n) is 2.23. The minimum absolute atomic E-state index is 0.0198. The monoisotopic (exact) mass is 247 g/mol. The number of nitrogens with two attached hydrogens (primary N) is 1. The number of halogens is 3. The van der Waals surface area contributed by atoms with Crippen molar-refractivity contribution in [3.05, 3.63) is 29.8 Å². The number of alkyl halides is 3. The second-order valence-corrected chi connectivity index (χ2v) is 3.75. The van der Waals surface area contributed by atoms with Gasteiger partial charge in [-0.3, -0.25) is 0 Å². The lowest BCUT2D eigenvalue weighted by Crippen LogP contribution is -2.09. The highest BCUT2D eigenvalue weighted by atomic mass is 19.4. The van der Waals surface area contributed by atoms with Crippen LogP contribution in [0.15, 0.2) is 24.3 Å². The SMILES string of the molecule is NCCc1ccc(OCCCC(F)(F)F)cc1. The van der Waals surface area contributed by atoms with Crippen LogP contribution in [0.25, 0.3) is 0 Å². The highest BCUT2D eigenvalue weighted by Gasteiger charge is 2.25. The first-order valence-electron chi connectivity index (χ1n) is 5.50. The van der Waals surface area contributed by atoms with Gasteiger partial charge in [-0.1, -0.05) is 12.1 Å². The number of ether oxygens (including phenoxy) is 1. The average molecular weight is 247 g/mol. The highest BCUT2D eigenvalue weighted by molar-refractivity contribution is 5.27. The molecule has 0 aromatic heterocycles. The molecule has 96 valence electrons. The van der Waals surface area contributed by atoms with E-state index in [1.807, 2.05) is 12.1 Å². The fraction of sp³-hybridized carbons (Fsp3) is 0.500. The van der Waals surface area contributed by atoms with Crippen molar-refractivity contribution in [1.29, 1.82) is 0 Å². The molecule has 0 aliphatic rings. The Hall–Kier alpha value is -1.23. The van der Waals surface area contributed by atoms with Crippen molar-refractivity contribution in [3.8, 4) is 5.75 Å². The van der Waals surface area contributed by atoms with Crippen LogP contribution < -0.4 is 10.5 Å². The maximum absolute atomic E-state index is 11.9. The zero-order valence-corrected chi connectivity index (χ0v) is 9.46. The van der Waals surface area contributed by atoms with Gasteiger partial charge in [-0.15, -0.1) is 0 Å². The Morgan fingerprint density at radius 2 is 1.76 bits per heavy atom. The van der Waals surface area contributed by atoms with Crippen LogP contribution in [0.2, 0.25) is 0 Å². The van der Waals surface area contributed by atoms with E-state index in [1.54, 1.807) is 12.1 Å². The number of benzene rings is 1. The third kappa shape index (κ3) is 6.16. The van der Waals surface area contributed by atoms with E-state index in [0.29, 0.717) is 12.3 Å². The van der Waals surface area contributed by atoms with Gasteiger partial charge in [-0.2, -0.15) is 13.2 Å². The molecule has 17 heavy (non-hydrogen) atoms. The Morgan fingerprint density at radius 1 is 1.12 bits per heavy atom. The van der Waals surface area contributed by atoms with E-state index >= 15 is 0 Å². The molecule has 1 aromatic rings. The molecule has 2 N–H and O–H groups in total. The fourth-order valence-corrected chi connectivity index (χ4v) is 1.38. The summed E-state index contributed by atoms with van der Waals surface area (Å²) in [5, 5.41) is 0. The van der Waals surface area contributed by atoms with Gasteiger partial charge in [0.25, 0.3) is 0 Å². The van der Waals surface area contributed by atoms with Crippen molar-refractivity contribution in [2.45, 2.75) is 25.4 Å². The Balaban J connectivity index is 2.27. The standard InChI is InChI=1S/C12H16F3NO/c13-12(14,15)7-1-9-17-11-4-2-10(3-5-11)6-8-16/h2-5H,1,6-9,16H2. The van der Waals surface area contributed by atoms with Crippen LogP contribution in [-0.2, 0) is 6.42 Å². The first-order valence-corrected chi connectivity index (χ1v) is 5.50. The molecule has 2 nitrogen and oxygen atoms in total. The molecule has 1 aromatic carbocycles. The van der Waals surface area contributed by atoms with Crippen molar-refractivity contribution >= 4 is 0 Å². The smallest absolute Gasteiger partial charge is 0.389 e. The van der Waals surface area contributed by atoms with E-state index in [9.17, 15) is 13.2 Å². The molecular weight excluding hydrogens is 231 g/mol. The molecule has 0 aliphatic heterocycles. The van der Waals surface area contributed by atoms with E-state index in [1.165, 1.54) is 0 Å². The number of hydrogen-bond donors (Lipinski definition) is 1. The third-order valence-corrected chi connectivity index (χ3v) is 2.23. The van der Waals surface area contributed by atoms with Crippen molar-refractivity contribution in [2.24, 2.45) is 5.73 Å². The van der Waals surface area contributed by atoms with Gasteiger partial charge < -0.3 is 10.5 Å². The molecule has 0 aliphatic carbocycles. The topological polar surface area (TPSA) is 35.2 Å². The summed E-state index contributed by atoms with van der Waals surface area (Å²) in [5.41, 5.74) is 6.49. The second kappa shape index (κ2) is 6.49. The van der Waals surface area contributed by atoms with E-state index in [2.05, 4.69) is 0 Å². The summed E-state index contributed by atoms with van der Waals surface area (Å²) in [4.78, 5) is 0. The first kappa shape index (κ1) is 13.8. The van der Waals surface area contributed by atoms with E-state index in [0.717, 1.165) is 12.0 Å². The van der Waals surface area contributed by atoms with Crippen LogP contribution in [-0.4, -0.2) is 19.3 Å². The molecule has 0 spiro atoms. The van der Waals surface area contributed by atoms with E-state index in [4.69, 9.17) is 10.5 Å². The predicted octanol–water partition coefficient (Wildman–Crippen LogP) is 2.91. The van der Waals surface area contributed by atoms with Gasteiger partial charge in [0.1, 0.15) is 5.75 Å². The molecule has 0 heterocycles. The van der Waals surface area contributed by atoms with Crippen molar-refractivity contribution < 1.29 is 17.9 Å². The van der Waals surface area contributed by atoms with Crippen LogP contribution >= 0.6 is 0 Å². The molecular formula is C12H16F3NO. The summed E-state index contributed by atoms with van der Waals surface area (Å²) in [5.74, 6) is 0.591. The van der Waals surface area contributed by atoms with Crippen LogP contribution in [0.5, 0.6) is 5.75 Å². The molecule has 0 bridgehead atoms. The van der Waals surface area contributed by atoms with Gasteiger partial charge in [0.15, 0.2) is 0 Å². The molecule has 0 fully saturated rings. The number of hydrogen-bond acceptors (Lipinski definition) is 2. The minimum Gasteiger partial charge on any atom is -0.494 e. The largest absolute Gasteiger partial charge is 0.494 e. The molecule has 5 heteroatoms. The normalized spacial score (nSPS) is 11.5. The molecule has 0 atom stereocenters. The predicted molar refractivity (Wildman–Crippen MR) is 60.0 cm³/mol. The van der Waals surface area contributed by atoms with Gasteiger partial charge in [0.05, 0.1) is 6.61 Å². The summed E-state index contributed by atoms with van der Waals surface area (Å²) in [6.45, 7) is 0.654. The van der Waals surface area contributed by atoms with Gasteiger partial charge in [-0.05, 0) is 37.1 Å². The lowest BCUT2D eigenvalue weighted by atomic mass is 10.1. The molecule has 0 radical (unpaired) electrons. The lowest BCUT2D eigenvalue weighted by molar-refractivity contribution is -0.136. The summed E-state index contributed by atoms with van der Waals surface area (Å²) >= 11 is 0. The van der Waals surface area contributed by atoms with Gasteiger partial charge in [-0.25, -0.2) is 0 Å². The first-order chi connectivity index (χ1) is 8.01. The van der Waals surface area contributed by atoms with E-state index in [-0.39, 0.29) is 13.0 Å². The molecule has 0 saturated carbocycles. The second-order valence-electron chi connectivity index (χ2n) is 3.75. The summed E-state index contributed by atoms with van der Waals surface area (Å²) in [6, 6.07) is 7.23. The molecule has 1 rings (SSSR count). The lowest BCUT2D eigenvalue weighted by Gasteiger charge is -2.08. The fourth-order valence-electron chi connectivity index (χ4n) is 1.38. The Bertz CT molecular complexity index is 322.